The van der Waals surface area contributed by atoms with E-state index in [0.717, 1.165) is 44.8 Å². The lowest BCUT2D eigenvalue weighted by Crippen LogP contribution is -2.40. The molecule has 166 valence electrons. The van der Waals surface area contributed by atoms with Gasteiger partial charge >= 0.3 is 6.03 Å². The largest absolute Gasteiger partial charge is 0.378 e. The summed E-state index contributed by atoms with van der Waals surface area (Å²) in [5.41, 5.74) is 3.52. The van der Waals surface area contributed by atoms with Crippen molar-refractivity contribution in [2.45, 2.75) is 25.9 Å². The van der Waals surface area contributed by atoms with Gasteiger partial charge in [0.15, 0.2) is 0 Å². The Kier molecular flexibility index (Phi) is 7.09. The molecule has 1 aromatic carbocycles. The molecule has 0 saturated carbocycles. The van der Waals surface area contributed by atoms with Gasteiger partial charge < -0.3 is 24.8 Å². The molecule has 0 aliphatic carbocycles. The lowest BCUT2D eigenvalue weighted by atomic mass is 10.1. The van der Waals surface area contributed by atoms with Crippen LogP contribution in [0.1, 0.15) is 22.4 Å². The van der Waals surface area contributed by atoms with Crippen LogP contribution in [0.4, 0.5) is 10.5 Å². The number of amides is 3. The van der Waals surface area contributed by atoms with Crippen LogP contribution in [0.15, 0.2) is 35.7 Å². The number of morpholine rings is 1. The van der Waals surface area contributed by atoms with Gasteiger partial charge in [-0.1, -0.05) is 12.1 Å². The molecular formula is C23H30N4O3S. The number of ether oxygens (including phenoxy) is 1. The third-order valence-corrected chi connectivity index (χ3v) is 6.88. The van der Waals surface area contributed by atoms with E-state index in [1.807, 2.05) is 4.90 Å². The fourth-order valence-corrected chi connectivity index (χ4v) is 4.90. The van der Waals surface area contributed by atoms with E-state index in [4.69, 9.17) is 4.74 Å². The second-order valence-corrected chi connectivity index (χ2v) is 9.04. The van der Waals surface area contributed by atoms with Gasteiger partial charge in [-0.25, -0.2) is 4.79 Å². The molecule has 0 atom stereocenters. The zero-order valence-electron chi connectivity index (χ0n) is 18.0. The molecule has 0 bridgehead atoms. The van der Waals surface area contributed by atoms with Gasteiger partial charge in [-0.05, 0) is 41.1 Å². The van der Waals surface area contributed by atoms with Crippen LogP contribution in [-0.2, 0) is 29.0 Å². The highest BCUT2D eigenvalue weighted by atomic mass is 32.1. The Balaban J connectivity index is 1.19. The maximum absolute atomic E-state index is 12.5. The van der Waals surface area contributed by atoms with Crippen molar-refractivity contribution in [1.82, 2.24) is 15.1 Å². The van der Waals surface area contributed by atoms with Crippen LogP contribution in [-0.4, -0.2) is 68.2 Å². The summed E-state index contributed by atoms with van der Waals surface area (Å²) in [7, 11) is 1.77. The minimum absolute atomic E-state index is 0.0958. The fraction of sp³-hybridized carbons (Fsp3) is 0.478. The summed E-state index contributed by atoms with van der Waals surface area (Å²) in [6.07, 6.45) is 1.26. The van der Waals surface area contributed by atoms with Crippen molar-refractivity contribution in [3.8, 4) is 0 Å². The number of hydrogen-bond acceptors (Lipinski definition) is 5. The third-order valence-electron chi connectivity index (χ3n) is 5.85. The van der Waals surface area contributed by atoms with Crippen LogP contribution in [0.3, 0.4) is 0 Å². The summed E-state index contributed by atoms with van der Waals surface area (Å²) in [6, 6.07) is 10.3. The zero-order valence-corrected chi connectivity index (χ0v) is 18.8. The number of hydrogen-bond donors (Lipinski definition) is 1. The molecule has 2 aliphatic rings. The number of urea groups is 1. The topological polar surface area (TPSA) is 65.1 Å². The summed E-state index contributed by atoms with van der Waals surface area (Å²) in [6.45, 7) is 5.67. The molecule has 2 aliphatic heterocycles. The quantitative estimate of drug-likeness (QED) is 0.747. The van der Waals surface area contributed by atoms with E-state index in [9.17, 15) is 9.59 Å². The molecule has 3 amide bonds. The number of anilines is 1. The average Bonchev–Trinajstić information content (AvgIpc) is 3.28. The number of carbonyl (C=O) groups is 2. The van der Waals surface area contributed by atoms with Gasteiger partial charge in [-0.15, -0.1) is 11.3 Å². The molecular weight excluding hydrogens is 412 g/mol. The van der Waals surface area contributed by atoms with Crippen molar-refractivity contribution in [3.05, 3.63) is 51.7 Å². The lowest BCUT2D eigenvalue weighted by Gasteiger charge is -2.29. The van der Waals surface area contributed by atoms with Crippen LogP contribution in [0.5, 0.6) is 0 Å². The van der Waals surface area contributed by atoms with Crippen molar-refractivity contribution < 1.29 is 14.3 Å². The number of fused-ring (bicyclic) bond motifs is 1. The monoisotopic (exact) mass is 442 g/mol. The molecule has 3 heterocycles. The van der Waals surface area contributed by atoms with E-state index in [-0.39, 0.29) is 11.9 Å². The number of thiophene rings is 1. The Morgan fingerprint density at radius 3 is 2.68 bits per heavy atom. The molecule has 4 rings (SSSR count). The van der Waals surface area contributed by atoms with Crippen molar-refractivity contribution >= 4 is 29.0 Å². The Morgan fingerprint density at radius 1 is 1.13 bits per heavy atom. The number of nitrogens with one attached hydrogen (secondary N) is 1. The van der Waals surface area contributed by atoms with E-state index >= 15 is 0 Å². The van der Waals surface area contributed by atoms with Crippen molar-refractivity contribution in [1.29, 1.82) is 0 Å². The number of rotatable bonds is 6. The van der Waals surface area contributed by atoms with Gasteiger partial charge in [0, 0.05) is 63.3 Å². The Morgan fingerprint density at radius 2 is 1.90 bits per heavy atom. The summed E-state index contributed by atoms with van der Waals surface area (Å²) in [4.78, 5) is 32.1. The first-order valence-electron chi connectivity index (χ1n) is 10.8. The molecule has 0 radical (unpaired) electrons. The molecule has 8 heteroatoms. The first-order chi connectivity index (χ1) is 15.1. The SMILES string of the molecule is CN(Cc1ccc(N2CCOCC2)cc1)C(=O)NCCC(=O)N1CCc2sccc2C1. The Labute approximate surface area is 187 Å². The van der Waals surface area contributed by atoms with Gasteiger partial charge in [-0.3, -0.25) is 4.79 Å². The number of nitrogens with zero attached hydrogens (tertiary/aromatic N) is 3. The van der Waals surface area contributed by atoms with Crippen molar-refractivity contribution in [3.63, 3.8) is 0 Å². The fourth-order valence-electron chi connectivity index (χ4n) is 4.01. The summed E-state index contributed by atoms with van der Waals surface area (Å²) in [5, 5.41) is 4.96. The van der Waals surface area contributed by atoms with Gasteiger partial charge in [0.05, 0.1) is 13.2 Å². The molecule has 31 heavy (non-hydrogen) atoms. The predicted octanol–water partition coefficient (Wildman–Crippen LogP) is 2.70. The molecule has 2 aromatic rings. The molecule has 1 N–H and O–H groups in total. The van der Waals surface area contributed by atoms with E-state index in [0.29, 0.717) is 26.1 Å². The maximum Gasteiger partial charge on any atom is 0.317 e. The minimum Gasteiger partial charge on any atom is -0.378 e. The molecule has 0 spiro atoms. The lowest BCUT2D eigenvalue weighted by molar-refractivity contribution is -0.131. The van der Waals surface area contributed by atoms with Gasteiger partial charge in [0.2, 0.25) is 5.91 Å². The Bertz CT molecular complexity index is 892. The highest BCUT2D eigenvalue weighted by Gasteiger charge is 2.21. The molecule has 7 nitrogen and oxygen atoms in total. The van der Waals surface area contributed by atoms with Crippen LogP contribution in [0.2, 0.25) is 0 Å². The first-order valence-corrected chi connectivity index (χ1v) is 11.7. The van der Waals surface area contributed by atoms with Gasteiger partial charge in [0.25, 0.3) is 0 Å². The minimum atomic E-state index is -0.163. The van der Waals surface area contributed by atoms with Gasteiger partial charge in [-0.2, -0.15) is 0 Å². The first kappa shape index (κ1) is 21.6. The van der Waals surface area contributed by atoms with Gasteiger partial charge in [0.1, 0.15) is 0 Å². The summed E-state index contributed by atoms with van der Waals surface area (Å²) >= 11 is 1.76. The number of carbonyl (C=O) groups excluding carboxylic acids is 2. The van der Waals surface area contributed by atoms with Crippen molar-refractivity contribution in [2.24, 2.45) is 0 Å². The van der Waals surface area contributed by atoms with E-state index in [1.165, 1.54) is 16.1 Å². The van der Waals surface area contributed by atoms with E-state index < -0.39 is 0 Å². The molecule has 0 unspecified atom stereocenters. The van der Waals surface area contributed by atoms with Crippen LogP contribution in [0, 0.1) is 0 Å². The Hall–Kier alpha value is -2.58. The molecule has 1 fully saturated rings. The van der Waals surface area contributed by atoms with Crippen LogP contribution >= 0.6 is 11.3 Å². The zero-order chi connectivity index (χ0) is 21.6. The highest BCUT2D eigenvalue weighted by molar-refractivity contribution is 7.10. The standard InChI is InChI=1S/C23H30N4O3S/c1-25(16-18-2-4-20(5-3-18)26-11-13-30-14-12-26)23(29)24-9-6-22(28)27-10-7-21-19(17-27)8-15-31-21/h2-5,8,15H,6-7,9-14,16-17H2,1H3,(H,24,29). The summed E-state index contributed by atoms with van der Waals surface area (Å²) in [5.74, 6) is 0.0958. The van der Waals surface area contributed by atoms with E-state index in [1.54, 1.807) is 23.3 Å². The summed E-state index contributed by atoms with van der Waals surface area (Å²) < 4.78 is 5.40. The second-order valence-electron chi connectivity index (χ2n) is 8.04. The third kappa shape index (κ3) is 5.57. The van der Waals surface area contributed by atoms with Crippen molar-refractivity contribution in [2.75, 3.05) is 51.3 Å². The van der Waals surface area contributed by atoms with Crippen LogP contribution in [0.25, 0.3) is 0 Å². The molecule has 1 saturated heterocycles. The second kappa shape index (κ2) is 10.2. The van der Waals surface area contributed by atoms with Crippen LogP contribution < -0.4 is 10.2 Å². The molecule has 1 aromatic heterocycles. The van der Waals surface area contributed by atoms with E-state index in [2.05, 4.69) is 45.9 Å². The maximum atomic E-state index is 12.5. The normalized spacial score (nSPS) is 16.0. The predicted molar refractivity (Wildman–Crippen MR) is 122 cm³/mol. The smallest absolute Gasteiger partial charge is 0.317 e. The average molecular weight is 443 g/mol. The highest BCUT2D eigenvalue weighted by Crippen LogP contribution is 2.24. The number of benzene rings is 1.